The van der Waals surface area contributed by atoms with E-state index in [4.69, 9.17) is 5.73 Å². The first-order chi connectivity index (χ1) is 9.09. The zero-order valence-electron chi connectivity index (χ0n) is 11.9. The molecule has 2 N–H and O–H groups in total. The maximum atomic E-state index is 12.7. The Hall–Kier alpha value is -0.170. The highest BCUT2D eigenvalue weighted by atomic mass is 32.2. The van der Waals surface area contributed by atoms with E-state index in [9.17, 15) is 8.42 Å². The molecule has 0 radical (unpaired) electrons. The molecule has 1 saturated heterocycles. The summed E-state index contributed by atoms with van der Waals surface area (Å²) in [5.74, 6) is 0.494. The monoisotopic (exact) mass is 289 g/mol. The Morgan fingerprint density at radius 3 is 2.21 bits per heavy atom. The van der Waals surface area contributed by atoms with Gasteiger partial charge in [0.05, 0.1) is 0 Å². The van der Waals surface area contributed by atoms with Crippen LogP contribution in [0.1, 0.15) is 45.4 Å². The van der Waals surface area contributed by atoms with Crippen molar-refractivity contribution in [2.24, 2.45) is 11.7 Å². The van der Waals surface area contributed by atoms with Gasteiger partial charge in [-0.2, -0.15) is 17.0 Å². The van der Waals surface area contributed by atoms with Gasteiger partial charge in [-0.05, 0) is 38.1 Å². The van der Waals surface area contributed by atoms with Crippen LogP contribution >= 0.6 is 0 Å². The van der Waals surface area contributed by atoms with E-state index >= 15 is 0 Å². The summed E-state index contributed by atoms with van der Waals surface area (Å²) in [5.41, 5.74) is 5.66. The third kappa shape index (κ3) is 3.29. The maximum Gasteiger partial charge on any atom is 0.282 e. The van der Waals surface area contributed by atoms with Crippen molar-refractivity contribution in [2.75, 3.05) is 26.2 Å². The molecule has 1 saturated carbocycles. The van der Waals surface area contributed by atoms with Gasteiger partial charge in [-0.25, -0.2) is 0 Å². The molecule has 1 aliphatic carbocycles. The maximum absolute atomic E-state index is 12.7. The highest BCUT2D eigenvalue weighted by Gasteiger charge is 2.36. The smallest absolute Gasteiger partial charge is 0.282 e. The lowest BCUT2D eigenvalue weighted by Crippen LogP contribution is -2.50. The van der Waals surface area contributed by atoms with Gasteiger partial charge in [0, 0.05) is 25.7 Å². The molecule has 0 atom stereocenters. The molecule has 112 valence electrons. The van der Waals surface area contributed by atoms with E-state index in [0.717, 1.165) is 38.5 Å². The Balaban J connectivity index is 2.03. The van der Waals surface area contributed by atoms with E-state index in [1.165, 1.54) is 0 Å². The summed E-state index contributed by atoms with van der Waals surface area (Å²) >= 11 is 0. The zero-order chi connectivity index (χ0) is 13.9. The van der Waals surface area contributed by atoms with Gasteiger partial charge in [0.2, 0.25) is 0 Å². The molecule has 2 aliphatic rings. The summed E-state index contributed by atoms with van der Waals surface area (Å²) in [7, 11) is -3.26. The van der Waals surface area contributed by atoms with Crippen LogP contribution in [0.3, 0.4) is 0 Å². The second-order valence-electron chi connectivity index (χ2n) is 5.73. The van der Waals surface area contributed by atoms with Gasteiger partial charge in [-0.3, -0.25) is 0 Å². The zero-order valence-corrected chi connectivity index (χ0v) is 12.7. The minimum Gasteiger partial charge on any atom is -0.330 e. The van der Waals surface area contributed by atoms with Gasteiger partial charge in [-0.15, -0.1) is 0 Å². The van der Waals surface area contributed by atoms with Gasteiger partial charge in [-0.1, -0.05) is 19.8 Å². The highest BCUT2D eigenvalue weighted by molar-refractivity contribution is 7.86. The number of hydrogen-bond acceptors (Lipinski definition) is 3. The number of rotatable bonds is 5. The van der Waals surface area contributed by atoms with Gasteiger partial charge in [0.15, 0.2) is 0 Å². The third-order valence-electron chi connectivity index (χ3n) is 4.57. The molecule has 0 aromatic rings. The SMILES string of the molecule is CCN(C1CCCC1)S(=O)(=O)N1CCC(CN)CC1. The van der Waals surface area contributed by atoms with Crippen LogP contribution in [0.25, 0.3) is 0 Å². The van der Waals surface area contributed by atoms with E-state index < -0.39 is 10.2 Å². The average Bonchev–Trinajstić information content (AvgIpc) is 2.93. The van der Waals surface area contributed by atoms with Crippen LogP contribution in [0.4, 0.5) is 0 Å². The van der Waals surface area contributed by atoms with Crippen LogP contribution in [0.2, 0.25) is 0 Å². The van der Waals surface area contributed by atoms with Crippen molar-refractivity contribution < 1.29 is 8.42 Å². The second kappa shape index (κ2) is 6.52. The summed E-state index contributed by atoms with van der Waals surface area (Å²) in [6.07, 6.45) is 6.16. The van der Waals surface area contributed by atoms with Crippen molar-refractivity contribution in [1.29, 1.82) is 0 Å². The Morgan fingerprint density at radius 1 is 1.16 bits per heavy atom. The minimum atomic E-state index is -3.26. The molecule has 1 aliphatic heterocycles. The molecule has 6 heteroatoms. The number of nitrogens with two attached hydrogens (primary N) is 1. The summed E-state index contributed by atoms with van der Waals surface area (Å²) in [4.78, 5) is 0. The van der Waals surface area contributed by atoms with E-state index in [-0.39, 0.29) is 6.04 Å². The number of nitrogens with zero attached hydrogens (tertiary/aromatic N) is 2. The fourth-order valence-electron chi connectivity index (χ4n) is 3.33. The van der Waals surface area contributed by atoms with Crippen molar-refractivity contribution >= 4 is 10.2 Å². The fourth-order valence-corrected chi connectivity index (χ4v) is 5.21. The topological polar surface area (TPSA) is 66.6 Å². The summed E-state index contributed by atoms with van der Waals surface area (Å²) in [6.45, 7) is 4.47. The fraction of sp³-hybridized carbons (Fsp3) is 1.00. The third-order valence-corrected chi connectivity index (χ3v) is 6.74. The Bertz CT molecular complexity index is 371. The summed E-state index contributed by atoms with van der Waals surface area (Å²) < 4.78 is 28.8. The van der Waals surface area contributed by atoms with Crippen molar-refractivity contribution in [3.05, 3.63) is 0 Å². The molecule has 0 bridgehead atoms. The average molecular weight is 289 g/mol. The molecule has 0 aromatic carbocycles. The Kier molecular flexibility index (Phi) is 5.22. The van der Waals surface area contributed by atoms with E-state index in [2.05, 4.69) is 0 Å². The first kappa shape index (κ1) is 15.2. The lowest BCUT2D eigenvalue weighted by Gasteiger charge is -2.36. The first-order valence-corrected chi connectivity index (χ1v) is 8.96. The lowest BCUT2D eigenvalue weighted by molar-refractivity contribution is 0.243. The lowest BCUT2D eigenvalue weighted by atomic mass is 9.99. The second-order valence-corrected chi connectivity index (χ2v) is 7.61. The predicted molar refractivity (Wildman–Crippen MR) is 76.9 cm³/mol. The van der Waals surface area contributed by atoms with E-state index in [0.29, 0.717) is 32.1 Å². The molecule has 19 heavy (non-hydrogen) atoms. The van der Waals surface area contributed by atoms with Crippen LogP contribution in [-0.2, 0) is 10.2 Å². The summed E-state index contributed by atoms with van der Waals surface area (Å²) in [5, 5.41) is 0. The van der Waals surface area contributed by atoms with Crippen LogP contribution in [-0.4, -0.2) is 49.2 Å². The minimum absolute atomic E-state index is 0.224. The molecule has 0 spiro atoms. The molecule has 2 rings (SSSR count). The van der Waals surface area contributed by atoms with Crippen molar-refractivity contribution in [1.82, 2.24) is 8.61 Å². The van der Waals surface area contributed by atoms with E-state index in [1.807, 2.05) is 6.92 Å². The highest BCUT2D eigenvalue weighted by Crippen LogP contribution is 2.28. The predicted octanol–water partition coefficient (Wildman–Crippen LogP) is 1.17. The number of hydrogen-bond donors (Lipinski definition) is 1. The van der Waals surface area contributed by atoms with Crippen molar-refractivity contribution in [3.63, 3.8) is 0 Å². The molecule has 0 amide bonds. The van der Waals surface area contributed by atoms with Gasteiger partial charge in [0.25, 0.3) is 10.2 Å². The van der Waals surface area contributed by atoms with E-state index in [1.54, 1.807) is 8.61 Å². The Labute approximate surface area is 117 Å². The number of piperidine rings is 1. The van der Waals surface area contributed by atoms with Crippen LogP contribution in [0.15, 0.2) is 0 Å². The normalized spacial score (nSPS) is 24.4. The molecule has 2 fully saturated rings. The van der Waals surface area contributed by atoms with Crippen molar-refractivity contribution in [3.8, 4) is 0 Å². The van der Waals surface area contributed by atoms with Crippen LogP contribution in [0.5, 0.6) is 0 Å². The van der Waals surface area contributed by atoms with Gasteiger partial charge >= 0.3 is 0 Å². The molecular weight excluding hydrogens is 262 g/mol. The first-order valence-electron chi connectivity index (χ1n) is 7.56. The largest absolute Gasteiger partial charge is 0.330 e. The van der Waals surface area contributed by atoms with Crippen LogP contribution < -0.4 is 5.73 Å². The van der Waals surface area contributed by atoms with Crippen LogP contribution in [0, 0.1) is 5.92 Å². The molecule has 0 unspecified atom stereocenters. The van der Waals surface area contributed by atoms with Gasteiger partial charge in [0.1, 0.15) is 0 Å². The molecule has 0 aromatic heterocycles. The molecule has 1 heterocycles. The summed E-state index contributed by atoms with van der Waals surface area (Å²) in [6, 6.07) is 0.224. The van der Waals surface area contributed by atoms with Crippen molar-refractivity contribution in [2.45, 2.75) is 51.5 Å². The molecular formula is C13H27N3O2S. The molecule has 5 nitrogen and oxygen atoms in total. The quantitative estimate of drug-likeness (QED) is 0.826. The van der Waals surface area contributed by atoms with Gasteiger partial charge < -0.3 is 5.73 Å². The Morgan fingerprint density at radius 2 is 1.74 bits per heavy atom. The standard InChI is InChI=1S/C13H27N3O2S/c1-2-16(13-5-3-4-6-13)19(17,18)15-9-7-12(11-14)8-10-15/h12-13H,2-11,14H2,1H3.